The van der Waals surface area contributed by atoms with E-state index in [0.29, 0.717) is 23.7 Å². The number of hydrogen-bond donors (Lipinski definition) is 5. The van der Waals surface area contributed by atoms with Crippen LogP contribution in [0.5, 0.6) is 0 Å². The van der Waals surface area contributed by atoms with Gasteiger partial charge in [0.2, 0.25) is 5.91 Å². The quantitative estimate of drug-likeness (QED) is 0.279. The van der Waals surface area contributed by atoms with Crippen molar-refractivity contribution < 1.29 is 14.7 Å². The van der Waals surface area contributed by atoms with E-state index in [0.717, 1.165) is 0 Å². The minimum atomic E-state index is -1.29. The first-order valence-electron chi connectivity index (χ1n) is 7.46. The average molecular weight is 390 g/mol. The summed E-state index contributed by atoms with van der Waals surface area (Å²) in [4.78, 5) is 24.8. The van der Waals surface area contributed by atoms with Crippen LogP contribution in [0, 0.1) is 5.41 Å². The first-order valence-corrected chi connectivity index (χ1v) is 8.21. The normalized spacial score (nSPS) is 11.4. The molecule has 1 rings (SSSR count). The van der Waals surface area contributed by atoms with Gasteiger partial charge in [0.15, 0.2) is 5.96 Å². The summed E-state index contributed by atoms with van der Waals surface area (Å²) >= 11 is 11.7. The summed E-state index contributed by atoms with van der Waals surface area (Å²) in [5, 5.41) is 24.8. The van der Waals surface area contributed by atoms with E-state index in [4.69, 9.17) is 33.7 Å². The smallest absolute Gasteiger partial charge is 0.405 e. The Hall–Kier alpha value is -2.19. The molecular formula is C15H21Cl2N5O3. The first kappa shape index (κ1) is 20.9. The molecule has 0 aromatic heterocycles. The Morgan fingerprint density at radius 2 is 1.96 bits per heavy atom. The predicted octanol–water partition coefficient (Wildman–Crippen LogP) is 2.43. The fourth-order valence-corrected chi connectivity index (χ4v) is 2.19. The Kier molecular flexibility index (Phi) is 8.30. The number of rotatable bonds is 7. The third-order valence-corrected chi connectivity index (χ3v) is 3.95. The van der Waals surface area contributed by atoms with Gasteiger partial charge in [-0.3, -0.25) is 10.2 Å². The lowest BCUT2D eigenvalue weighted by Crippen LogP contribution is -2.44. The van der Waals surface area contributed by atoms with Crippen LogP contribution < -0.4 is 16.0 Å². The van der Waals surface area contributed by atoms with E-state index < -0.39 is 18.0 Å². The molecule has 1 aromatic rings. The molecule has 1 aromatic carbocycles. The van der Waals surface area contributed by atoms with E-state index in [-0.39, 0.29) is 17.4 Å². The molecule has 2 amide bonds. The summed E-state index contributed by atoms with van der Waals surface area (Å²) in [6, 6.07) is 3.67. The van der Waals surface area contributed by atoms with Crippen molar-refractivity contribution in [2.45, 2.75) is 18.9 Å². The van der Waals surface area contributed by atoms with Gasteiger partial charge in [0.25, 0.3) is 0 Å². The van der Waals surface area contributed by atoms with Crippen molar-refractivity contribution in [3.05, 3.63) is 28.2 Å². The number of benzene rings is 1. The van der Waals surface area contributed by atoms with Crippen LogP contribution in [0.15, 0.2) is 18.2 Å². The maximum absolute atomic E-state index is 12.3. The molecule has 0 aliphatic rings. The van der Waals surface area contributed by atoms with Crippen molar-refractivity contribution in [1.29, 1.82) is 5.41 Å². The lowest BCUT2D eigenvalue weighted by Gasteiger charge is -2.18. The van der Waals surface area contributed by atoms with Gasteiger partial charge in [-0.2, -0.15) is 0 Å². The van der Waals surface area contributed by atoms with Gasteiger partial charge in [0.1, 0.15) is 6.04 Å². The lowest BCUT2D eigenvalue weighted by atomic mass is 10.1. The maximum Gasteiger partial charge on any atom is 0.405 e. The number of guanidine groups is 1. The molecule has 0 aliphatic heterocycles. The van der Waals surface area contributed by atoms with Crippen molar-refractivity contribution in [2.24, 2.45) is 0 Å². The van der Waals surface area contributed by atoms with E-state index in [1.54, 1.807) is 25.1 Å². The summed E-state index contributed by atoms with van der Waals surface area (Å²) in [6.07, 6.45) is -0.522. The van der Waals surface area contributed by atoms with Gasteiger partial charge < -0.3 is 26.0 Å². The van der Waals surface area contributed by atoms with E-state index in [1.165, 1.54) is 12.1 Å². The molecule has 0 saturated carbocycles. The van der Waals surface area contributed by atoms with Gasteiger partial charge >= 0.3 is 6.09 Å². The number of amides is 2. The topological polar surface area (TPSA) is 118 Å². The second-order valence-electron chi connectivity index (χ2n) is 5.43. The van der Waals surface area contributed by atoms with Gasteiger partial charge in [-0.15, -0.1) is 0 Å². The molecular weight excluding hydrogens is 369 g/mol. The number of nitrogens with one attached hydrogen (secondary N) is 4. The van der Waals surface area contributed by atoms with Crippen molar-refractivity contribution in [2.75, 3.05) is 26.0 Å². The van der Waals surface area contributed by atoms with Crippen LogP contribution in [-0.2, 0) is 4.79 Å². The molecule has 0 saturated heterocycles. The van der Waals surface area contributed by atoms with Crippen molar-refractivity contribution in [3.63, 3.8) is 0 Å². The second-order valence-corrected chi connectivity index (χ2v) is 6.25. The summed E-state index contributed by atoms with van der Waals surface area (Å²) in [5.41, 5.74) is 0.420. The minimum Gasteiger partial charge on any atom is -0.465 e. The Balaban J connectivity index is 2.61. The van der Waals surface area contributed by atoms with Crippen LogP contribution in [0.1, 0.15) is 12.8 Å². The maximum atomic E-state index is 12.3. The molecule has 0 heterocycles. The van der Waals surface area contributed by atoms with Gasteiger partial charge in [-0.05, 0) is 31.0 Å². The van der Waals surface area contributed by atoms with Crippen LogP contribution >= 0.6 is 23.2 Å². The van der Waals surface area contributed by atoms with Gasteiger partial charge in [-0.1, -0.05) is 23.2 Å². The number of anilines is 1. The molecule has 138 valence electrons. The monoisotopic (exact) mass is 389 g/mol. The molecule has 0 bridgehead atoms. The Bertz CT molecular complexity index is 640. The van der Waals surface area contributed by atoms with E-state index in [9.17, 15) is 9.59 Å². The number of carbonyl (C=O) groups excluding carboxylic acids is 1. The van der Waals surface area contributed by atoms with Crippen LogP contribution in [0.3, 0.4) is 0 Å². The molecule has 0 unspecified atom stereocenters. The van der Waals surface area contributed by atoms with Crippen LogP contribution in [0.4, 0.5) is 10.5 Å². The summed E-state index contributed by atoms with van der Waals surface area (Å²) in [7, 11) is 3.46. The average Bonchev–Trinajstić information content (AvgIpc) is 2.53. The largest absolute Gasteiger partial charge is 0.465 e. The van der Waals surface area contributed by atoms with Crippen molar-refractivity contribution in [1.82, 2.24) is 15.5 Å². The van der Waals surface area contributed by atoms with Gasteiger partial charge in [0, 0.05) is 26.3 Å². The third-order valence-electron chi connectivity index (χ3n) is 3.21. The highest BCUT2D eigenvalue weighted by atomic mass is 35.5. The highest BCUT2D eigenvalue weighted by Crippen LogP contribution is 2.25. The SMILES string of the molecule is CN(C)C(=N)NCCC[C@H](NC(=O)O)C(=O)Nc1ccc(Cl)c(Cl)c1. The minimum absolute atomic E-state index is 0.239. The fourth-order valence-electron chi connectivity index (χ4n) is 1.89. The first-order chi connectivity index (χ1) is 11.7. The molecule has 0 spiro atoms. The van der Waals surface area contributed by atoms with Crippen molar-refractivity contribution >= 4 is 46.8 Å². The molecule has 0 radical (unpaired) electrons. The Morgan fingerprint density at radius 3 is 2.52 bits per heavy atom. The molecule has 8 nitrogen and oxygen atoms in total. The van der Waals surface area contributed by atoms with E-state index >= 15 is 0 Å². The van der Waals surface area contributed by atoms with Gasteiger partial charge in [0.05, 0.1) is 10.0 Å². The molecule has 0 fully saturated rings. The number of carbonyl (C=O) groups is 2. The summed E-state index contributed by atoms with van der Waals surface area (Å²) < 4.78 is 0. The number of carboxylic acid groups (broad SMARTS) is 1. The standard InChI is InChI=1S/C15H21Cl2N5O3/c1-22(2)14(18)19-7-3-4-12(21-15(24)25)13(23)20-9-5-6-10(16)11(17)8-9/h5-6,8,12,21H,3-4,7H2,1-2H3,(H2,18,19)(H,20,23)(H,24,25)/t12-/m0/s1. The zero-order valence-corrected chi connectivity index (χ0v) is 15.4. The molecule has 10 heteroatoms. The Labute approximate surface area is 156 Å². The van der Waals surface area contributed by atoms with Gasteiger partial charge in [-0.25, -0.2) is 4.79 Å². The fraction of sp³-hybridized carbons (Fsp3) is 0.400. The van der Waals surface area contributed by atoms with Crippen LogP contribution in [-0.4, -0.2) is 54.6 Å². The highest BCUT2D eigenvalue weighted by Gasteiger charge is 2.20. The molecule has 1 atom stereocenters. The summed E-state index contributed by atoms with van der Waals surface area (Å²) in [6.45, 7) is 0.439. The Morgan fingerprint density at radius 1 is 1.28 bits per heavy atom. The number of nitrogens with zero attached hydrogens (tertiary/aromatic N) is 1. The highest BCUT2D eigenvalue weighted by molar-refractivity contribution is 6.42. The van der Waals surface area contributed by atoms with E-state index in [2.05, 4.69) is 16.0 Å². The van der Waals surface area contributed by atoms with Crippen molar-refractivity contribution in [3.8, 4) is 0 Å². The second kappa shape index (κ2) is 9.95. The predicted molar refractivity (Wildman–Crippen MR) is 98.7 cm³/mol. The molecule has 25 heavy (non-hydrogen) atoms. The van der Waals surface area contributed by atoms with Crippen LogP contribution in [0.25, 0.3) is 0 Å². The number of halogens is 2. The summed E-state index contributed by atoms with van der Waals surface area (Å²) in [5.74, 6) is -0.258. The zero-order valence-electron chi connectivity index (χ0n) is 13.9. The molecule has 0 aliphatic carbocycles. The zero-order chi connectivity index (χ0) is 19.0. The third kappa shape index (κ3) is 7.49. The lowest BCUT2D eigenvalue weighted by molar-refractivity contribution is -0.118. The van der Waals surface area contributed by atoms with Crippen LogP contribution in [0.2, 0.25) is 10.0 Å². The number of hydrogen-bond acceptors (Lipinski definition) is 3. The molecule has 5 N–H and O–H groups in total. The van der Waals surface area contributed by atoms with E-state index in [1.807, 2.05) is 0 Å².